The zero-order chi connectivity index (χ0) is 10.8. The maximum Gasteiger partial charge on any atom is 0.339 e. The van der Waals surface area contributed by atoms with Crippen LogP contribution in [-0.4, -0.2) is 31.0 Å². The molecule has 0 radical (unpaired) electrons. The quantitative estimate of drug-likeness (QED) is 0.780. The molecule has 0 aliphatic heterocycles. The van der Waals surface area contributed by atoms with Crippen molar-refractivity contribution in [3.63, 3.8) is 0 Å². The number of carboxylic acid groups (broad SMARTS) is 1. The average molecular weight is 208 g/mol. The van der Waals surface area contributed by atoms with Gasteiger partial charge in [-0.15, -0.1) is 0 Å². The molecule has 78 valence electrons. The van der Waals surface area contributed by atoms with Gasteiger partial charge in [-0.25, -0.2) is 4.79 Å². The molecule has 0 aromatic carbocycles. The fourth-order valence-electron chi connectivity index (χ4n) is 1.21. The summed E-state index contributed by atoms with van der Waals surface area (Å²) < 4.78 is 6.07. The van der Waals surface area contributed by atoms with Crippen molar-refractivity contribution in [3.05, 3.63) is 29.7 Å². The zero-order valence-electron chi connectivity index (χ0n) is 7.91. The van der Waals surface area contributed by atoms with Crippen molar-refractivity contribution in [3.8, 4) is 0 Å². The Bertz CT molecular complexity index is 474. The van der Waals surface area contributed by atoms with Crippen molar-refractivity contribution in [2.24, 2.45) is 0 Å². The molecule has 0 saturated carbocycles. The fourth-order valence-corrected chi connectivity index (χ4v) is 1.21. The van der Waals surface area contributed by atoms with Gasteiger partial charge in [-0.05, 0) is 6.92 Å². The Kier molecular flexibility index (Phi) is 2.20. The monoisotopic (exact) mass is 208 g/mol. The van der Waals surface area contributed by atoms with Crippen molar-refractivity contribution in [1.82, 2.24) is 19.9 Å². The normalized spacial score (nSPS) is 10.5. The molecule has 1 N–H and O–H groups in total. The molecule has 0 bridgehead atoms. The van der Waals surface area contributed by atoms with Gasteiger partial charge >= 0.3 is 5.97 Å². The summed E-state index contributed by atoms with van der Waals surface area (Å²) >= 11 is 0. The van der Waals surface area contributed by atoms with Crippen LogP contribution >= 0.6 is 0 Å². The fraction of sp³-hybridized carbons (Fsp3) is 0.250. The van der Waals surface area contributed by atoms with E-state index in [2.05, 4.69) is 19.8 Å². The summed E-state index contributed by atoms with van der Waals surface area (Å²) in [5, 5.41) is 16.3. The van der Waals surface area contributed by atoms with Crippen LogP contribution < -0.4 is 0 Å². The van der Waals surface area contributed by atoms with Gasteiger partial charge in [0.15, 0.2) is 5.82 Å². The number of rotatable bonds is 3. The lowest BCUT2D eigenvalue weighted by Gasteiger charge is -1.99. The molecule has 0 aliphatic rings. The van der Waals surface area contributed by atoms with Gasteiger partial charge < -0.3 is 9.63 Å². The first-order valence-corrected chi connectivity index (χ1v) is 4.19. The Morgan fingerprint density at radius 3 is 3.00 bits per heavy atom. The first-order valence-electron chi connectivity index (χ1n) is 4.19. The summed E-state index contributed by atoms with van der Waals surface area (Å²) in [6.45, 7) is 1.98. The molecule has 15 heavy (non-hydrogen) atoms. The molecule has 2 aromatic rings. The molecule has 0 spiro atoms. The standard InChI is InChI=1S/C8H8N4O3/c1-5-6(8(13)14)2-10-12(5)3-7-9-4-15-11-7/h2,4H,3H2,1H3,(H,13,14). The summed E-state index contributed by atoms with van der Waals surface area (Å²) in [6.07, 6.45) is 2.52. The van der Waals surface area contributed by atoms with E-state index in [1.807, 2.05) is 0 Å². The van der Waals surface area contributed by atoms with Crippen LogP contribution in [0, 0.1) is 6.92 Å². The Morgan fingerprint density at radius 1 is 1.67 bits per heavy atom. The number of nitrogens with zero attached hydrogens (tertiary/aromatic N) is 4. The smallest absolute Gasteiger partial charge is 0.339 e. The van der Waals surface area contributed by atoms with Crippen LogP contribution in [0.3, 0.4) is 0 Å². The number of carbonyl (C=O) groups is 1. The van der Waals surface area contributed by atoms with E-state index in [4.69, 9.17) is 5.11 Å². The maximum atomic E-state index is 10.7. The number of aromatic carboxylic acids is 1. The minimum absolute atomic E-state index is 0.179. The highest BCUT2D eigenvalue weighted by atomic mass is 16.5. The molecular formula is C8H8N4O3. The predicted octanol–water partition coefficient (Wildman–Crippen LogP) is 0.321. The Labute approximate surface area is 84.3 Å². The molecule has 7 heteroatoms. The van der Waals surface area contributed by atoms with Gasteiger partial charge in [0.1, 0.15) is 12.1 Å². The topological polar surface area (TPSA) is 94.0 Å². The van der Waals surface area contributed by atoms with Crippen molar-refractivity contribution in [1.29, 1.82) is 0 Å². The molecule has 2 aromatic heterocycles. The largest absolute Gasteiger partial charge is 0.478 e. The summed E-state index contributed by atoms with van der Waals surface area (Å²) in [5.41, 5.74) is 0.741. The van der Waals surface area contributed by atoms with Crippen molar-refractivity contribution in [2.45, 2.75) is 13.5 Å². The molecule has 2 heterocycles. The van der Waals surface area contributed by atoms with Crippen LogP contribution in [0.25, 0.3) is 0 Å². The third-order valence-electron chi connectivity index (χ3n) is 2.03. The molecule has 0 saturated heterocycles. The Hall–Kier alpha value is -2.18. The number of hydrogen-bond donors (Lipinski definition) is 1. The molecule has 0 fully saturated rings. The van der Waals surface area contributed by atoms with Gasteiger partial charge in [-0.1, -0.05) is 5.16 Å². The predicted molar refractivity (Wildman–Crippen MR) is 47.3 cm³/mol. The van der Waals surface area contributed by atoms with E-state index in [9.17, 15) is 4.79 Å². The van der Waals surface area contributed by atoms with E-state index < -0.39 is 5.97 Å². The zero-order valence-corrected chi connectivity index (χ0v) is 7.91. The van der Waals surface area contributed by atoms with E-state index in [1.54, 1.807) is 6.92 Å². The van der Waals surface area contributed by atoms with Gasteiger partial charge in [0.05, 0.1) is 11.9 Å². The van der Waals surface area contributed by atoms with E-state index in [0.717, 1.165) is 0 Å². The molecule has 0 atom stereocenters. The van der Waals surface area contributed by atoms with Crippen LogP contribution in [0.2, 0.25) is 0 Å². The second kappa shape index (κ2) is 3.52. The summed E-state index contributed by atoms with van der Waals surface area (Å²) in [4.78, 5) is 14.6. The van der Waals surface area contributed by atoms with Gasteiger partial charge in [0.2, 0.25) is 6.39 Å². The number of aromatic nitrogens is 4. The summed E-state index contributed by atoms with van der Waals surface area (Å²) in [7, 11) is 0. The lowest BCUT2D eigenvalue weighted by atomic mass is 10.3. The second-order valence-electron chi connectivity index (χ2n) is 2.95. The second-order valence-corrected chi connectivity index (χ2v) is 2.95. The molecular weight excluding hydrogens is 200 g/mol. The minimum atomic E-state index is -0.994. The van der Waals surface area contributed by atoms with Gasteiger partial charge in [-0.2, -0.15) is 10.1 Å². The molecule has 0 aliphatic carbocycles. The lowest BCUT2D eigenvalue weighted by Crippen LogP contribution is -2.06. The first-order chi connectivity index (χ1) is 7.18. The third kappa shape index (κ3) is 1.71. The Morgan fingerprint density at radius 2 is 2.47 bits per heavy atom. The van der Waals surface area contributed by atoms with E-state index in [-0.39, 0.29) is 5.56 Å². The van der Waals surface area contributed by atoms with Crippen LogP contribution in [0.1, 0.15) is 21.9 Å². The highest BCUT2D eigenvalue weighted by Gasteiger charge is 2.13. The van der Waals surface area contributed by atoms with Crippen LogP contribution in [0.5, 0.6) is 0 Å². The molecule has 2 rings (SSSR count). The van der Waals surface area contributed by atoms with Gasteiger partial charge in [0.25, 0.3) is 0 Å². The van der Waals surface area contributed by atoms with Crippen LogP contribution in [0.15, 0.2) is 17.1 Å². The van der Waals surface area contributed by atoms with Gasteiger partial charge in [-0.3, -0.25) is 4.68 Å². The van der Waals surface area contributed by atoms with E-state index in [1.165, 1.54) is 17.3 Å². The highest BCUT2D eigenvalue weighted by Crippen LogP contribution is 2.08. The van der Waals surface area contributed by atoms with Crippen LogP contribution in [0.4, 0.5) is 0 Å². The minimum Gasteiger partial charge on any atom is -0.478 e. The summed E-state index contributed by atoms with van der Waals surface area (Å²) in [6, 6.07) is 0. The van der Waals surface area contributed by atoms with Crippen LogP contribution in [-0.2, 0) is 6.54 Å². The SMILES string of the molecule is Cc1c(C(=O)O)cnn1Cc1ncon1. The van der Waals surface area contributed by atoms with Crippen molar-refractivity contribution >= 4 is 5.97 Å². The lowest BCUT2D eigenvalue weighted by molar-refractivity contribution is 0.0696. The first kappa shape index (κ1) is 9.38. The average Bonchev–Trinajstić information content (AvgIpc) is 2.78. The number of hydrogen-bond acceptors (Lipinski definition) is 5. The van der Waals surface area contributed by atoms with Crippen molar-refractivity contribution in [2.75, 3.05) is 0 Å². The third-order valence-corrected chi connectivity index (χ3v) is 2.03. The molecule has 7 nitrogen and oxygen atoms in total. The van der Waals surface area contributed by atoms with E-state index >= 15 is 0 Å². The number of carboxylic acids is 1. The van der Waals surface area contributed by atoms with E-state index in [0.29, 0.717) is 18.1 Å². The maximum absolute atomic E-state index is 10.7. The highest BCUT2D eigenvalue weighted by molar-refractivity contribution is 5.88. The Balaban J connectivity index is 2.27. The molecule has 0 unspecified atom stereocenters. The van der Waals surface area contributed by atoms with Gasteiger partial charge in [0, 0.05) is 0 Å². The summed E-state index contributed by atoms with van der Waals surface area (Å²) in [5.74, 6) is -0.537. The van der Waals surface area contributed by atoms with Crippen molar-refractivity contribution < 1.29 is 14.4 Å². The molecule has 0 amide bonds.